The van der Waals surface area contributed by atoms with Gasteiger partial charge in [-0.2, -0.15) is 0 Å². The molecule has 0 spiro atoms. The molecule has 5 nitrogen and oxygen atoms in total. The third-order valence-corrected chi connectivity index (χ3v) is 6.54. The van der Waals surface area contributed by atoms with Crippen LogP contribution in [0, 0.1) is 5.82 Å². The second-order valence-corrected chi connectivity index (χ2v) is 9.29. The quantitative estimate of drug-likeness (QED) is 0.538. The van der Waals surface area contributed by atoms with Crippen molar-refractivity contribution in [3.05, 3.63) is 62.9 Å². The molecule has 8 heteroatoms. The van der Waals surface area contributed by atoms with Gasteiger partial charge in [-0.3, -0.25) is 4.90 Å². The van der Waals surface area contributed by atoms with E-state index in [0.717, 1.165) is 43.4 Å². The number of rotatable bonds is 7. The molecule has 32 heavy (non-hydrogen) atoms. The number of benzene rings is 2. The Labute approximate surface area is 197 Å². The van der Waals surface area contributed by atoms with E-state index in [0.29, 0.717) is 22.3 Å². The fourth-order valence-corrected chi connectivity index (χ4v) is 4.92. The number of nitrogens with zero attached hydrogens (tertiary/aromatic N) is 1. The summed E-state index contributed by atoms with van der Waals surface area (Å²) >= 11 is 12.3. The van der Waals surface area contributed by atoms with Crippen molar-refractivity contribution in [2.45, 2.75) is 43.7 Å². The summed E-state index contributed by atoms with van der Waals surface area (Å²) in [5, 5.41) is 11.1. The van der Waals surface area contributed by atoms with E-state index in [2.05, 4.69) is 4.90 Å². The summed E-state index contributed by atoms with van der Waals surface area (Å²) in [7, 11) is 1.24. The summed E-state index contributed by atoms with van der Waals surface area (Å²) in [6, 6.07) is 7.89. The maximum Gasteiger partial charge on any atom is 0.340 e. The lowest BCUT2D eigenvalue weighted by atomic mass is 10.0. The first-order valence-electron chi connectivity index (χ1n) is 10.8. The number of halogens is 3. The first-order valence-corrected chi connectivity index (χ1v) is 11.5. The van der Waals surface area contributed by atoms with Crippen LogP contribution in [0.3, 0.4) is 0 Å². The van der Waals surface area contributed by atoms with Crippen molar-refractivity contribution in [2.24, 2.45) is 0 Å². The van der Waals surface area contributed by atoms with Crippen molar-refractivity contribution in [3.63, 3.8) is 0 Å². The largest absolute Gasteiger partial charge is 0.489 e. The van der Waals surface area contributed by atoms with Crippen molar-refractivity contribution < 1.29 is 23.8 Å². The Morgan fingerprint density at radius 1 is 1.19 bits per heavy atom. The zero-order chi connectivity index (χ0) is 22.8. The van der Waals surface area contributed by atoms with Gasteiger partial charge in [0.15, 0.2) is 0 Å². The highest BCUT2D eigenvalue weighted by Gasteiger charge is 2.32. The van der Waals surface area contributed by atoms with Gasteiger partial charge in [-0.15, -0.1) is 0 Å². The summed E-state index contributed by atoms with van der Waals surface area (Å²) in [6.45, 7) is 1.28. The number of esters is 1. The fraction of sp³-hybridized carbons (Fsp3) is 0.458. The number of hydrogen-bond donors (Lipinski definition) is 1. The van der Waals surface area contributed by atoms with Gasteiger partial charge in [0.25, 0.3) is 0 Å². The highest BCUT2D eigenvalue weighted by atomic mass is 35.5. The summed E-state index contributed by atoms with van der Waals surface area (Å²) in [5.41, 5.74) is 1.63. The maximum atomic E-state index is 14.6. The Kier molecular flexibility index (Phi) is 7.25. The molecule has 4 rings (SSSR count). The molecule has 0 bridgehead atoms. The molecule has 1 N–H and O–H groups in total. The Morgan fingerprint density at radius 3 is 2.53 bits per heavy atom. The molecule has 172 valence electrons. The van der Waals surface area contributed by atoms with Gasteiger partial charge in [0.2, 0.25) is 0 Å². The summed E-state index contributed by atoms with van der Waals surface area (Å²) in [4.78, 5) is 14.1. The molecule has 1 aliphatic carbocycles. The van der Waals surface area contributed by atoms with Gasteiger partial charge < -0.3 is 14.6 Å². The van der Waals surface area contributed by atoms with Crippen LogP contribution >= 0.6 is 23.2 Å². The maximum absolute atomic E-state index is 14.6. The fourth-order valence-electron chi connectivity index (χ4n) is 4.38. The van der Waals surface area contributed by atoms with Gasteiger partial charge in [-0.25, -0.2) is 9.18 Å². The van der Waals surface area contributed by atoms with E-state index in [1.165, 1.54) is 13.2 Å². The highest BCUT2D eigenvalue weighted by molar-refractivity contribution is 6.34. The summed E-state index contributed by atoms with van der Waals surface area (Å²) in [6.07, 6.45) is 3.49. The van der Waals surface area contributed by atoms with Gasteiger partial charge in [0.1, 0.15) is 17.7 Å². The average Bonchev–Trinajstić information content (AvgIpc) is 3.59. The number of likely N-dealkylation sites (tertiary alicyclic amines) is 1. The number of ether oxygens (including phenoxy) is 2. The van der Waals surface area contributed by atoms with Crippen LogP contribution in [0.2, 0.25) is 10.0 Å². The van der Waals surface area contributed by atoms with Crippen molar-refractivity contribution in [1.82, 2.24) is 4.90 Å². The molecule has 1 saturated heterocycles. The van der Waals surface area contributed by atoms with Crippen LogP contribution in [-0.4, -0.2) is 48.9 Å². The van der Waals surface area contributed by atoms with Crippen molar-refractivity contribution >= 4 is 29.2 Å². The minimum atomic E-state index is -0.689. The normalized spacial score (nSPS) is 20.1. The molecule has 2 aromatic carbocycles. The monoisotopic (exact) mass is 481 g/mol. The van der Waals surface area contributed by atoms with E-state index in [-0.39, 0.29) is 30.2 Å². The predicted molar refractivity (Wildman–Crippen MR) is 121 cm³/mol. The number of piperidine rings is 1. The van der Waals surface area contributed by atoms with Crippen LogP contribution in [0.25, 0.3) is 0 Å². The topological polar surface area (TPSA) is 59.0 Å². The minimum Gasteiger partial charge on any atom is -0.489 e. The third kappa shape index (κ3) is 5.20. The minimum absolute atomic E-state index is 0.0646. The molecule has 1 aliphatic heterocycles. The number of hydrogen-bond acceptors (Lipinski definition) is 5. The first-order chi connectivity index (χ1) is 15.4. The molecule has 1 saturated carbocycles. The molecule has 1 heterocycles. The van der Waals surface area contributed by atoms with Crippen molar-refractivity contribution in [1.29, 1.82) is 0 Å². The lowest BCUT2D eigenvalue weighted by Crippen LogP contribution is -2.44. The van der Waals surface area contributed by atoms with Crippen molar-refractivity contribution in [2.75, 3.05) is 26.8 Å². The molecule has 1 unspecified atom stereocenters. The summed E-state index contributed by atoms with van der Waals surface area (Å²) in [5.74, 6) is -0.583. The van der Waals surface area contributed by atoms with Crippen LogP contribution < -0.4 is 4.74 Å². The van der Waals surface area contributed by atoms with Crippen LogP contribution in [0.15, 0.2) is 30.3 Å². The van der Waals surface area contributed by atoms with Crippen molar-refractivity contribution in [3.8, 4) is 5.75 Å². The molecule has 0 amide bonds. The molecule has 2 aliphatic rings. The van der Waals surface area contributed by atoms with E-state index >= 15 is 0 Å². The number of carbonyl (C=O) groups excluding carboxylic acids is 1. The Hall–Kier alpha value is -1.86. The molecule has 2 fully saturated rings. The molecule has 2 atom stereocenters. The standard InChI is InChI=1S/C24H26Cl2FNO4/c1-31-24(30)20-10-19(14-4-5-14)23(11-21(20)27)32-18-3-2-6-28(12-18)22(13-29)15-7-16(25)9-17(26)8-15/h7-11,14,18,22,29H,2-6,12-13H2,1H3/t18-,22?/m1/s1. The lowest BCUT2D eigenvalue weighted by Gasteiger charge is -2.38. The van der Waals surface area contributed by atoms with E-state index in [1.54, 1.807) is 12.1 Å². The highest BCUT2D eigenvalue weighted by Crippen LogP contribution is 2.45. The number of methoxy groups -OCH3 is 1. The van der Waals surface area contributed by atoms with Crippen LogP contribution in [-0.2, 0) is 4.74 Å². The van der Waals surface area contributed by atoms with E-state index in [4.69, 9.17) is 32.7 Å². The second kappa shape index (κ2) is 9.96. The molecular formula is C24H26Cl2FNO4. The molecule has 2 aromatic rings. The van der Waals surface area contributed by atoms with E-state index in [1.807, 2.05) is 12.1 Å². The SMILES string of the molecule is COC(=O)c1cc(C2CC2)c(O[C@@H]2CCCN(C(CO)c3cc(Cl)cc(Cl)c3)C2)cc1F. The Balaban J connectivity index is 1.54. The van der Waals surface area contributed by atoms with Gasteiger partial charge in [0.05, 0.1) is 25.3 Å². The van der Waals surface area contributed by atoms with Gasteiger partial charge >= 0.3 is 5.97 Å². The average molecular weight is 482 g/mol. The number of aliphatic hydroxyl groups excluding tert-OH is 1. The lowest BCUT2D eigenvalue weighted by molar-refractivity contribution is 0.0393. The molecule has 0 radical (unpaired) electrons. The first kappa shape index (κ1) is 23.3. The summed E-state index contributed by atoms with van der Waals surface area (Å²) < 4.78 is 25.6. The zero-order valence-corrected chi connectivity index (χ0v) is 19.3. The molecular weight excluding hydrogens is 456 g/mol. The Bertz CT molecular complexity index is 978. The van der Waals surface area contributed by atoms with Crippen LogP contribution in [0.4, 0.5) is 4.39 Å². The van der Waals surface area contributed by atoms with Crippen LogP contribution in [0.1, 0.15) is 59.1 Å². The third-order valence-electron chi connectivity index (χ3n) is 6.11. The van der Waals surface area contributed by atoms with E-state index < -0.39 is 11.8 Å². The second-order valence-electron chi connectivity index (χ2n) is 8.41. The number of carbonyl (C=O) groups is 1. The predicted octanol–water partition coefficient (Wildman–Crippen LogP) is 5.37. The van der Waals surface area contributed by atoms with Gasteiger partial charge in [-0.05, 0) is 73.5 Å². The smallest absolute Gasteiger partial charge is 0.340 e. The zero-order valence-electron chi connectivity index (χ0n) is 17.8. The van der Waals surface area contributed by atoms with Gasteiger partial charge in [-0.1, -0.05) is 23.2 Å². The molecule has 0 aromatic heterocycles. The van der Waals surface area contributed by atoms with Crippen LogP contribution in [0.5, 0.6) is 5.75 Å². The van der Waals surface area contributed by atoms with E-state index in [9.17, 15) is 14.3 Å². The number of aliphatic hydroxyl groups is 1. The Morgan fingerprint density at radius 2 is 1.91 bits per heavy atom. The van der Waals surface area contributed by atoms with Gasteiger partial charge in [0, 0.05) is 22.7 Å².